The Bertz CT molecular complexity index is 1790. The van der Waals surface area contributed by atoms with Crippen LogP contribution in [0.15, 0.2) is 58.9 Å². The first kappa shape index (κ1) is 35.2. The van der Waals surface area contributed by atoms with Crippen LogP contribution in [-0.4, -0.2) is 59.4 Å². The molecule has 1 atom stereocenters. The Morgan fingerprint density at radius 3 is 2.40 bits per heavy atom. The third-order valence-corrected chi connectivity index (χ3v) is 8.82. The fraction of sp³-hybridized carbons (Fsp3) is 0.250. The Hall–Kier alpha value is -4.70. The second-order valence-electron chi connectivity index (χ2n) is 9.86. The van der Waals surface area contributed by atoms with Gasteiger partial charge in [0.2, 0.25) is 0 Å². The molecule has 0 unspecified atom stereocenters. The van der Waals surface area contributed by atoms with Gasteiger partial charge in [-0.3, -0.25) is 9.59 Å². The van der Waals surface area contributed by atoms with Crippen LogP contribution in [0.4, 0.5) is 5.82 Å². The second kappa shape index (κ2) is 17.3. The Kier molecular flexibility index (Phi) is 12.9. The van der Waals surface area contributed by atoms with Crippen LogP contribution in [0.5, 0.6) is 5.75 Å². The molecule has 2 aromatic carbocycles. The molecule has 47 heavy (non-hydrogen) atoms. The van der Waals surface area contributed by atoms with Crippen LogP contribution in [0.1, 0.15) is 29.7 Å². The van der Waals surface area contributed by atoms with Crippen LogP contribution < -0.4 is 21.5 Å². The van der Waals surface area contributed by atoms with E-state index in [4.69, 9.17) is 42.6 Å². The summed E-state index contributed by atoms with van der Waals surface area (Å²) in [6.07, 6.45) is -0.121. The molecule has 0 amide bonds. The number of halogens is 1. The molecule has 0 bridgehead atoms. The lowest BCUT2D eigenvalue weighted by Gasteiger charge is -2.17. The minimum absolute atomic E-state index is 0.00823. The smallest absolute Gasteiger partial charge is 0.323 e. The number of esters is 1. The molecule has 0 saturated carbocycles. The quantitative estimate of drug-likeness (QED) is 0.0704. The molecule has 12 nitrogen and oxygen atoms in total. The van der Waals surface area contributed by atoms with E-state index in [1.807, 2.05) is 17.5 Å². The van der Waals surface area contributed by atoms with Crippen molar-refractivity contribution in [1.29, 1.82) is 10.5 Å². The van der Waals surface area contributed by atoms with E-state index in [9.17, 15) is 20.1 Å². The van der Waals surface area contributed by atoms with Crippen molar-refractivity contribution in [1.82, 2.24) is 15.3 Å². The van der Waals surface area contributed by atoms with E-state index in [1.165, 1.54) is 23.1 Å². The lowest BCUT2D eigenvalue weighted by molar-refractivity contribution is -0.147. The van der Waals surface area contributed by atoms with Crippen molar-refractivity contribution in [2.45, 2.75) is 29.7 Å². The van der Waals surface area contributed by atoms with Crippen LogP contribution in [0.25, 0.3) is 21.7 Å². The molecule has 15 heteroatoms. The van der Waals surface area contributed by atoms with E-state index < -0.39 is 18.0 Å². The highest BCUT2D eigenvalue weighted by atomic mass is 35.5. The number of hydrogen-bond acceptors (Lipinski definition) is 13. The van der Waals surface area contributed by atoms with Crippen LogP contribution >= 0.6 is 34.7 Å². The number of nitrogens with zero attached hydrogens (tertiary/aromatic N) is 4. The van der Waals surface area contributed by atoms with Gasteiger partial charge >= 0.3 is 11.9 Å². The maximum atomic E-state index is 12.4. The average molecular weight is 692 g/mol. The Labute approximate surface area is 284 Å². The average Bonchev–Trinajstić information content (AvgIpc) is 3.55. The van der Waals surface area contributed by atoms with Gasteiger partial charge in [-0.2, -0.15) is 10.5 Å². The Morgan fingerprint density at radius 2 is 1.74 bits per heavy atom. The number of thioether (sulfide) groups is 1. The van der Waals surface area contributed by atoms with Crippen molar-refractivity contribution < 1.29 is 24.2 Å². The largest absolute Gasteiger partial charge is 0.490 e. The second-order valence-corrected chi connectivity index (χ2v) is 12.1. The van der Waals surface area contributed by atoms with Crippen molar-refractivity contribution in [3.8, 4) is 39.6 Å². The van der Waals surface area contributed by atoms with Crippen LogP contribution in [-0.2, 0) is 20.1 Å². The predicted octanol–water partition coefficient (Wildman–Crippen LogP) is 4.85. The minimum Gasteiger partial charge on any atom is -0.490 e. The van der Waals surface area contributed by atoms with Crippen molar-refractivity contribution in [2.75, 3.05) is 32.0 Å². The first-order valence-corrected chi connectivity index (χ1v) is 16.5. The van der Waals surface area contributed by atoms with Gasteiger partial charge in [0.05, 0.1) is 11.3 Å². The molecule has 0 aliphatic carbocycles. The topological polar surface area (TPSA) is 210 Å². The van der Waals surface area contributed by atoms with E-state index in [-0.39, 0.29) is 49.5 Å². The van der Waals surface area contributed by atoms with E-state index in [2.05, 4.69) is 22.4 Å². The number of nitrogens with one attached hydrogen (secondary N) is 1. The number of carboxylic acids is 1. The summed E-state index contributed by atoms with van der Waals surface area (Å²) in [4.78, 5) is 32.4. The molecule has 0 fully saturated rings. The van der Waals surface area contributed by atoms with E-state index in [1.54, 1.807) is 36.4 Å². The molecule has 0 aliphatic rings. The third-order valence-electron chi connectivity index (χ3n) is 6.62. The first-order valence-electron chi connectivity index (χ1n) is 14.3. The van der Waals surface area contributed by atoms with Crippen LogP contribution in [0.2, 0.25) is 5.02 Å². The van der Waals surface area contributed by atoms with Gasteiger partial charge in [-0.05, 0) is 36.2 Å². The molecule has 0 aliphatic heterocycles. The lowest BCUT2D eigenvalue weighted by atomic mass is 9.97. The van der Waals surface area contributed by atoms with Gasteiger partial charge < -0.3 is 31.4 Å². The molecular weight excluding hydrogens is 662 g/mol. The molecule has 0 saturated heterocycles. The van der Waals surface area contributed by atoms with Crippen molar-refractivity contribution in [3.05, 3.63) is 75.8 Å². The van der Waals surface area contributed by atoms with E-state index in [0.717, 1.165) is 16.3 Å². The number of anilines is 1. The van der Waals surface area contributed by atoms with Gasteiger partial charge in [0.1, 0.15) is 58.6 Å². The van der Waals surface area contributed by atoms with Crippen molar-refractivity contribution in [2.24, 2.45) is 5.73 Å². The number of ether oxygens (including phenoxy) is 2. The number of rotatable bonds is 16. The van der Waals surface area contributed by atoms with Gasteiger partial charge in [-0.1, -0.05) is 47.6 Å². The highest BCUT2D eigenvalue weighted by molar-refractivity contribution is 7.98. The van der Waals surface area contributed by atoms with E-state index in [0.29, 0.717) is 39.2 Å². The van der Waals surface area contributed by atoms with Crippen LogP contribution in [0, 0.1) is 22.7 Å². The molecule has 4 rings (SSSR count). The summed E-state index contributed by atoms with van der Waals surface area (Å²) >= 11 is 8.79. The number of nitrogen functional groups attached to an aromatic ring is 1. The molecule has 6 N–H and O–H groups in total. The number of aromatic nitrogens is 2. The SMILES string of the molecule is N#Cc1c(N)nc(SCc2csc(-c3ccc(Cl)cc3)n2)c(C#N)c1-c1ccc(OCCOC(=O)[C@H](CCC(=O)O)NCCN)cc1. The minimum atomic E-state index is -1.02. The van der Waals surface area contributed by atoms with Gasteiger partial charge in [0.15, 0.2) is 0 Å². The number of nitrogens with two attached hydrogens (primary N) is 2. The standard InChI is InChI=1S/C32H30ClN7O5S2/c33-21-5-1-20(2-6-21)30-39-22(17-46-30)18-47-31-25(16-36)28(24(15-35)29(37)40-31)19-3-7-23(8-4-19)44-13-14-45-32(43)26(38-12-11-34)9-10-27(41)42/h1-8,17,26,38H,9-14,18,34H2,(H2,37,40)(H,41,42)/t26-/m0/s1. The summed E-state index contributed by atoms with van der Waals surface area (Å²) in [6, 6.07) is 17.6. The van der Waals surface area contributed by atoms with Crippen LogP contribution in [0.3, 0.4) is 0 Å². The number of pyridine rings is 1. The highest BCUT2D eigenvalue weighted by Crippen LogP contribution is 2.37. The molecule has 0 radical (unpaired) electrons. The summed E-state index contributed by atoms with van der Waals surface area (Å²) in [5, 5.41) is 35.6. The monoisotopic (exact) mass is 691 g/mol. The molecule has 242 valence electrons. The summed E-state index contributed by atoms with van der Waals surface area (Å²) in [5.41, 5.74) is 14.6. The maximum absolute atomic E-state index is 12.4. The fourth-order valence-electron chi connectivity index (χ4n) is 4.38. The molecule has 2 aromatic heterocycles. The third kappa shape index (κ3) is 9.65. The number of benzene rings is 2. The van der Waals surface area contributed by atoms with Gasteiger partial charge in [-0.25, -0.2) is 9.97 Å². The van der Waals surface area contributed by atoms with Crippen molar-refractivity contribution >= 4 is 52.5 Å². The Balaban J connectivity index is 1.42. The molecule has 0 spiro atoms. The fourth-order valence-corrected chi connectivity index (χ4v) is 6.33. The number of hydrogen-bond donors (Lipinski definition) is 4. The summed E-state index contributed by atoms with van der Waals surface area (Å²) < 4.78 is 11.0. The lowest BCUT2D eigenvalue weighted by Crippen LogP contribution is -2.41. The van der Waals surface area contributed by atoms with E-state index >= 15 is 0 Å². The molecule has 4 aromatic rings. The Morgan fingerprint density at radius 1 is 1.04 bits per heavy atom. The summed E-state index contributed by atoms with van der Waals surface area (Å²) in [7, 11) is 0. The predicted molar refractivity (Wildman–Crippen MR) is 180 cm³/mol. The normalized spacial score (nSPS) is 11.3. The zero-order valence-electron chi connectivity index (χ0n) is 24.9. The first-order chi connectivity index (χ1) is 22.7. The number of carbonyl (C=O) groups excluding carboxylic acids is 1. The van der Waals surface area contributed by atoms with Gasteiger partial charge in [-0.15, -0.1) is 11.3 Å². The van der Waals surface area contributed by atoms with Crippen molar-refractivity contribution in [3.63, 3.8) is 0 Å². The maximum Gasteiger partial charge on any atom is 0.323 e. The zero-order valence-corrected chi connectivity index (χ0v) is 27.3. The number of nitriles is 2. The number of thiazole rings is 1. The van der Waals surface area contributed by atoms with Gasteiger partial charge in [0, 0.05) is 46.8 Å². The number of aliphatic carboxylic acids is 1. The number of carboxylic acid groups (broad SMARTS) is 1. The summed E-state index contributed by atoms with van der Waals surface area (Å²) in [5.74, 6) is -0.710. The van der Waals surface area contributed by atoms with Gasteiger partial charge in [0.25, 0.3) is 0 Å². The summed E-state index contributed by atoms with van der Waals surface area (Å²) in [6.45, 7) is 0.602. The number of carbonyl (C=O) groups is 2. The highest BCUT2D eigenvalue weighted by Gasteiger charge is 2.22. The molecule has 2 heterocycles. The molecular formula is C32H30ClN7O5S2. The zero-order chi connectivity index (χ0) is 33.8.